The summed E-state index contributed by atoms with van der Waals surface area (Å²) in [4.78, 5) is 22.2. The van der Waals surface area contributed by atoms with Crippen LogP contribution in [0, 0.1) is 0 Å². The minimum absolute atomic E-state index is 0.113. The van der Waals surface area contributed by atoms with Crippen LogP contribution in [0.3, 0.4) is 0 Å². The Morgan fingerprint density at radius 2 is 1.55 bits per heavy atom. The first-order valence-corrected chi connectivity index (χ1v) is 11.8. The maximum atomic E-state index is 13.4. The van der Waals surface area contributed by atoms with Gasteiger partial charge in [0.05, 0.1) is 11.4 Å². The molecule has 0 N–H and O–H groups in total. The van der Waals surface area contributed by atoms with E-state index >= 15 is 0 Å². The third kappa shape index (κ3) is 4.31. The summed E-state index contributed by atoms with van der Waals surface area (Å²) >= 11 is 7.96. The molecule has 0 saturated carbocycles. The number of carbonyl (C=O) groups is 1. The molecule has 158 valence electrons. The molecule has 3 aromatic carbocycles. The van der Waals surface area contributed by atoms with Crippen molar-refractivity contribution in [1.29, 1.82) is 0 Å². The summed E-state index contributed by atoms with van der Waals surface area (Å²) < 4.78 is 0. The molecule has 0 spiro atoms. The van der Waals surface area contributed by atoms with E-state index < -0.39 is 0 Å². The van der Waals surface area contributed by atoms with Gasteiger partial charge in [-0.2, -0.15) is 0 Å². The quantitative estimate of drug-likeness (QED) is 0.511. The highest BCUT2D eigenvalue weighted by atomic mass is 35.5. The zero-order valence-electron chi connectivity index (χ0n) is 17.2. The van der Waals surface area contributed by atoms with Crippen LogP contribution in [-0.2, 0) is 4.79 Å². The minimum Gasteiger partial charge on any atom is -0.369 e. The number of carbonyl (C=O) groups excluding carboxylic acids is 1. The van der Waals surface area contributed by atoms with Crippen LogP contribution in [0.2, 0.25) is 5.02 Å². The van der Waals surface area contributed by atoms with Gasteiger partial charge in [-0.15, -0.1) is 0 Å². The second kappa shape index (κ2) is 8.95. The molecule has 0 radical (unpaired) electrons. The number of halogens is 1. The molecule has 5 rings (SSSR count). The normalized spacial score (nSPS) is 16.0. The highest BCUT2D eigenvalue weighted by Crippen LogP contribution is 2.48. The van der Waals surface area contributed by atoms with Crippen LogP contribution in [0.25, 0.3) is 0 Å². The fraction of sp³-hybridized carbons (Fsp3) is 0.240. The predicted octanol–water partition coefficient (Wildman–Crippen LogP) is 5.68. The molecule has 31 heavy (non-hydrogen) atoms. The standard InChI is InChI=1S/C25H24ClN3OS/c26-19-10-11-24-22(18-19)29(21-8-4-5-9-23(21)31-24)25(30)12-13-27-14-16-28(17-15-27)20-6-2-1-3-7-20/h1-11,18H,12-17H2. The molecule has 0 aliphatic carbocycles. The van der Waals surface area contributed by atoms with E-state index in [2.05, 4.69) is 40.1 Å². The number of anilines is 3. The van der Waals surface area contributed by atoms with E-state index in [1.807, 2.05) is 47.4 Å². The lowest BCUT2D eigenvalue weighted by molar-refractivity contribution is -0.118. The summed E-state index contributed by atoms with van der Waals surface area (Å²) in [6, 6.07) is 24.4. The van der Waals surface area contributed by atoms with Gasteiger partial charge in [0.15, 0.2) is 0 Å². The van der Waals surface area contributed by atoms with Gasteiger partial charge >= 0.3 is 0 Å². The maximum Gasteiger partial charge on any atom is 0.232 e. The SMILES string of the molecule is O=C(CCN1CCN(c2ccccc2)CC1)N1c2ccccc2Sc2ccc(Cl)cc21. The molecule has 0 unspecified atom stereocenters. The molecule has 2 heterocycles. The molecule has 1 saturated heterocycles. The lowest BCUT2D eigenvalue weighted by Gasteiger charge is -2.36. The number of hydrogen-bond donors (Lipinski definition) is 0. The third-order valence-corrected chi connectivity index (χ3v) is 7.24. The summed E-state index contributed by atoms with van der Waals surface area (Å²) in [5.41, 5.74) is 3.10. The van der Waals surface area contributed by atoms with Gasteiger partial charge in [0, 0.05) is 59.6 Å². The number of para-hydroxylation sites is 2. The molecule has 0 atom stereocenters. The van der Waals surface area contributed by atoms with E-state index in [1.54, 1.807) is 11.8 Å². The van der Waals surface area contributed by atoms with Gasteiger partial charge in [0.25, 0.3) is 0 Å². The van der Waals surface area contributed by atoms with E-state index in [0.29, 0.717) is 11.4 Å². The fourth-order valence-electron chi connectivity index (χ4n) is 4.23. The van der Waals surface area contributed by atoms with Gasteiger partial charge in [0.1, 0.15) is 0 Å². The number of nitrogens with zero attached hydrogens (tertiary/aromatic N) is 3. The maximum absolute atomic E-state index is 13.4. The molecule has 0 aromatic heterocycles. The van der Waals surface area contributed by atoms with Gasteiger partial charge < -0.3 is 4.90 Å². The molecule has 6 heteroatoms. The lowest BCUT2D eigenvalue weighted by atomic mass is 10.2. The van der Waals surface area contributed by atoms with E-state index in [9.17, 15) is 4.79 Å². The van der Waals surface area contributed by atoms with Crippen LogP contribution >= 0.6 is 23.4 Å². The highest BCUT2D eigenvalue weighted by Gasteiger charge is 2.28. The first-order valence-electron chi connectivity index (χ1n) is 10.6. The van der Waals surface area contributed by atoms with E-state index in [1.165, 1.54) is 5.69 Å². The van der Waals surface area contributed by atoms with Crippen molar-refractivity contribution in [3.05, 3.63) is 77.8 Å². The van der Waals surface area contributed by atoms with Crippen LogP contribution in [0.4, 0.5) is 17.1 Å². The molecule has 1 amide bonds. The summed E-state index contributed by atoms with van der Waals surface area (Å²) in [5, 5.41) is 0.647. The third-order valence-electron chi connectivity index (χ3n) is 5.87. The Morgan fingerprint density at radius 1 is 0.839 bits per heavy atom. The Hall–Kier alpha value is -2.47. The van der Waals surface area contributed by atoms with Crippen LogP contribution in [0.15, 0.2) is 82.6 Å². The second-order valence-corrected chi connectivity index (χ2v) is 9.35. The molecule has 2 aliphatic heterocycles. The van der Waals surface area contributed by atoms with Crippen molar-refractivity contribution in [1.82, 2.24) is 4.90 Å². The van der Waals surface area contributed by atoms with E-state index in [0.717, 1.165) is 53.9 Å². The number of rotatable bonds is 4. The van der Waals surface area contributed by atoms with Crippen molar-refractivity contribution < 1.29 is 4.79 Å². The van der Waals surface area contributed by atoms with Crippen LogP contribution in [0.1, 0.15) is 6.42 Å². The summed E-state index contributed by atoms with van der Waals surface area (Å²) in [7, 11) is 0. The monoisotopic (exact) mass is 449 g/mol. The highest BCUT2D eigenvalue weighted by molar-refractivity contribution is 7.99. The van der Waals surface area contributed by atoms with Gasteiger partial charge in [-0.25, -0.2) is 0 Å². The molecular formula is C25H24ClN3OS. The Bertz CT molecular complexity index is 1080. The van der Waals surface area contributed by atoms with Crippen LogP contribution < -0.4 is 9.80 Å². The lowest BCUT2D eigenvalue weighted by Crippen LogP contribution is -2.47. The van der Waals surface area contributed by atoms with E-state index in [4.69, 9.17) is 11.6 Å². The van der Waals surface area contributed by atoms with Crippen molar-refractivity contribution in [2.75, 3.05) is 42.5 Å². The molecule has 1 fully saturated rings. The Labute approximate surface area is 192 Å². The Balaban J connectivity index is 1.27. The summed E-state index contributed by atoms with van der Waals surface area (Å²) in [6.07, 6.45) is 0.482. The number of hydrogen-bond acceptors (Lipinski definition) is 4. The predicted molar refractivity (Wildman–Crippen MR) is 129 cm³/mol. The van der Waals surface area contributed by atoms with Crippen molar-refractivity contribution in [2.24, 2.45) is 0 Å². The molecular weight excluding hydrogens is 426 g/mol. The van der Waals surface area contributed by atoms with Crippen LogP contribution in [0.5, 0.6) is 0 Å². The number of amides is 1. The molecule has 3 aromatic rings. The van der Waals surface area contributed by atoms with Gasteiger partial charge in [-0.3, -0.25) is 14.6 Å². The fourth-order valence-corrected chi connectivity index (χ4v) is 5.44. The first-order chi connectivity index (χ1) is 15.2. The largest absolute Gasteiger partial charge is 0.369 e. The molecule has 4 nitrogen and oxygen atoms in total. The van der Waals surface area contributed by atoms with Gasteiger partial charge in [-0.1, -0.05) is 53.7 Å². The second-order valence-electron chi connectivity index (χ2n) is 7.83. The number of fused-ring (bicyclic) bond motifs is 2. The molecule has 2 aliphatic rings. The Kier molecular flexibility index (Phi) is 5.90. The van der Waals surface area contributed by atoms with Crippen molar-refractivity contribution in [2.45, 2.75) is 16.2 Å². The van der Waals surface area contributed by atoms with Crippen LogP contribution in [-0.4, -0.2) is 43.5 Å². The van der Waals surface area contributed by atoms with Gasteiger partial charge in [0.2, 0.25) is 5.91 Å². The summed E-state index contributed by atoms with van der Waals surface area (Å²) in [6.45, 7) is 4.68. The smallest absolute Gasteiger partial charge is 0.232 e. The average Bonchev–Trinajstić information content (AvgIpc) is 2.82. The average molecular weight is 450 g/mol. The number of piperazine rings is 1. The minimum atomic E-state index is 0.113. The topological polar surface area (TPSA) is 26.8 Å². The van der Waals surface area contributed by atoms with Gasteiger partial charge in [-0.05, 0) is 42.5 Å². The van der Waals surface area contributed by atoms with Crippen molar-refractivity contribution in [3.63, 3.8) is 0 Å². The zero-order chi connectivity index (χ0) is 21.2. The molecule has 0 bridgehead atoms. The first kappa shape index (κ1) is 20.4. The van der Waals surface area contributed by atoms with E-state index in [-0.39, 0.29) is 5.91 Å². The number of benzene rings is 3. The Morgan fingerprint density at radius 3 is 2.35 bits per heavy atom. The zero-order valence-corrected chi connectivity index (χ0v) is 18.8. The summed E-state index contributed by atoms with van der Waals surface area (Å²) in [5.74, 6) is 0.113. The van der Waals surface area contributed by atoms with Crippen molar-refractivity contribution in [3.8, 4) is 0 Å². The van der Waals surface area contributed by atoms with Crippen molar-refractivity contribution >= 4 is 46.3 Å².